The van der Waals surface area contributed by atoms with Crippen LogP contribution in [0.4, 0.5) is 4.39 Å². The van der Waals surface area contributed by atoms with Crippen LogP contribution in [0.2, 0.25) is 0 Å². The Labute approximate surface area is 134 Å². The Morgan fingerprint density at radius 2 is 1.76 bits per heavy atom. The minimum atomic E-state index is -0.133. The Morgan fingerprint density at radius 3 is 2.33 bits per heavy atom. The lowest BCUT2D eigenvalue weighted by Crippen LogP contribution is -2.23. The molecule has 0 saturated carbocycles. The molecule has 0 heterocycles. The second kappa shape index (κ2) is 7.19. The van der Waals surface area contributed by atoms with Gasteiger partial charge in [-0.05, 0) is 55.1 Å². The number of rotatable bonds is 5. The number of nitrogens with one attached hydrogen (secondary N) is 1. The van der Waals surface area contributed by atoms with Gasteiger partial charge in [0.05, 0.1) is 0 Å². The van der Waals surface area contributed by atoms with Gasteiger partial charge >= 0.3 is 0 Å². The zero-order chi connectivity index (χ0) is 15.4. The summed E-state index contributed by atoms with van der Waals surface area (Å²) >= 11 is 3.60. The van der Waals surface area contributed by atoms with E-state index in [4.69, 9.17) is 0 Å². The van der Waals surface area contributed by atoms with Crippen LogP contribution < -0.4 is 5.32 Å². The predicted octanol–water partition coefficient (Wildman–Crippen LogP) is 5.10. The molecule has 1 atom stereocenters. The van der Waals surface area contributed by atoms with E-state index in [1.165, 1.54) is 22.8 Å². The Morgan fingerprint density at radius 1 is 1.14 bits per heavy atom. The lowest BCUT2D eigenvalue weighted by molar-refractivity contribution is 0.527. The molecule has 0 spiro atoms. The number of benzene rings is 2. The third-order valence-corrected chi connectivity index (χ3v) is 4.94. The molecule has 0 amide bonds. The second-order valence-corrected chi connectivity index (χ2v) is 6.17. The molecule has 1 unspecified atom stereocenters. The van der Waals surface area contributed by atoms with Gasteiger partial charge in [0.25, 0.3) is 0 Å². The van der Waals surface area contributed by atoms with Crippen molar-refractivity contribution in [1.29, 1.82) is 0 Å². The summed E-state index contributed by atoms with van der Waals surface area (Å²) in [5.41, 5.74) is 4.38. The lowest BCUT2D eigenvalue weighted by Gasteiger charge is -2.20. The van der Waals surface area contributed by atoms with Crippen molar-refractivity contribution >= 4 is 15.9 Å². The maximum absolute atomic E-state index is 13.9. The van der Waals surface area contributed by atoms with Crippen molar-refractivity contribution in [2.45, 2.75) is 33.2 Å². The second-order valence-electron chi connectivity index (χ2n) is 5.37. The summed E-state index contributed by atoms with van der Waals surface area (Å²) in [5.74, 6) is -0.133. The molecule has 0 radical (unpaired) electrons. The first-order valence-electron chi connectivity index (χ1n) is 7.26. The Hall–Kier alpha value is -1.19. The van der Waals surface area contributed by atoms with E-state index in [2.05, 4.69) is 54.2 Å². The van der Waals surface area contributed by atoms with E-state index in [9.17, 15) is 4.39 Å². The molecule has 0 aromatic heterocycles. The molecular formula is C18H21BrFN. The monoisotopic (exact) mass is 349 g/mol. The minimum Gasteiger partial charge on any atom is -0.310 e. The molecular weight excluding hydrogens is 329 g/mol. The number of hydrogen-bond donors (Lipinski definition) is 1. The van der Waals surface area contributed by atoms with Gasteiger partial charge in [-0.25, -0.2) is 4.39 Å². The van der Waals surface area contributed by atoms with Gasteiger partial charge in [-0.3, -0.25) is 0 Å². The third kappa shape index (κ3) is 3.92. The van der Waals surface area contributed by atoms with E-state index in [1.54, 1.807) is 6.07 Å². The molecule has 0 aliphatic carbocycles. The Bertz CT molecular complexity index is 601. The summed E-state index contributed by atoms with van der Waals surface area (Å²) < 4.78 is 15.0. The molecule has 0 fully saturated rings. The molecule has 2 rings (SSSR count). The standard InChI is InChI=1S/C18H21BrFN/c1-4-21-17(11-14-7-5-6-8-16(14)20)15-9-12(2)18(19)13(3)10-15/h5-10,17,21H,4,11H2,1-3H3. The van der Waals surface area contributed by atoms with E-state index in [0.717, 1.165) is 16.6 Å². The maximum atomic E-state index is 13.9. The predicted molar refractivity (Wildman–Crippen MR) is 90.1 cm³/mol. The van der Waals surface area contributed by atoms with Crippen molar-refractivity contribution in [1.82, 2.24) is 5.32 Å². The van der Waals surface area contributed by atoms with Crippen molar-refractivity contribution in [2.75, 3.05) is 6.54 Å². The van der Waals surface area contributed by atoms with Gasteiger partial charge < -0.3 is 5.32 Å². The lowest BCUT2D eigenvalue weighted by atomic mass is 9.95. The van der Waals surface area contributed by atoms with Crippen LogP contribution in [-0.2, 0) is 6.42 Å². The topological polar surface area (TPSA) is 12.0 Å². The number of likely N-dealkylation sites (N-methyl/N-ethyl adjacent to an activating group) is 1. The van der Waals surface area contributed by atoms with E-state index in [0.29, 0.717) is 6.42 Å². The van der Waals surface area contributed by atoms with Crippen LogP contribution in [0, 0.1) is 19.7 Å². The van der Waals surface area contributed by atoms with E-state index < -0.39 is 0 Å². The fraction of sp³-hybridized carbons (Fsp3) is 0.333. The zero-order valence-corrected chi connectivity index (χ0v) is 14.3. The largest absolute Gasteiger partial charge is 0.310 e. The summed E-state index contributed by atoms with van der Waals surface area (Å²) in [6.45, 7) is 7.11. The molecule has 0 aliphatic rings. The van der Waals surface area contributed by atoms with E-state index >= 15 is 0 Å². The minimum absolute atomic E-state index is 0.123. The Kier molecular flexibility index (Phi) is 5.54. The first kappa shape index (κ1) is 16.2. The zero-order valence-electron chi connectivity index (χ0n) is 12.7. The highest BCUT2D eigenvalue weighted by Crippen LogP contribution is 2.27. The van der Waals surface area contributed by atoms with Gasteiger partial charge in [-0.15, -0.1) is 0 Å². The third-order valence-electron chi connectivity index (χ3n) is 3.69. The van der Waals surface area contributed by atoms with Crippen LogP contribution in [0.5, 0.6) is 0 Å². The molecule has 1 nitrogen and oxygen atoms in total. The average molecular weight is 350 g/mol. The fourth-order valence-electron chi connectivity index (χ4n) is 2.62. The molecule has 112 valence electrons. The van der Waals surface area contributed by atoms with E-state index in [1.807, 2.05) is 12.1 Å². The molecule has 2 aromatic rings. The summed E-state index contributed by atoms with van der Waals surface area (Å²) in [5, 5.41) is 3.47. The van der Waals surface area contributed by atoms with Crippen LogP contribution >= 0.6 is 15.9 Å². The molecule has 0 bridgehead atoms. The van der Waals surface area contributed by atoms with Crippen molar-refractivity contribution in [2.24, 2.45) is 0 Å². The van der Waals surface area contributed by atoms with Crippen LogP contribution in [0.25, 0.3) is 0 Å². The molecule has 21 heavy (non-hydrogen) atoms. The van der Waals surface area contributed by atoms with Gasteiger partial charge in [0.2, 0.25) is 0 Å². The van der Waals surface area contributed by atoms with E-state index in [-0.39, 0.29) is 11.9 Å². The highest BCUT2D eigenvalue weighted by Gasteiger charge is 2.15. The van der Waals surface area contributed by atoms with Gasteiger partial charge in [0.1, 0.15) is 5.82 Å². The average Bonchev–Trinajstić information content (AvgIpc) is 2.46. The molecule has 1 N–H and O–H groups in total. The van der Waals surface area contributed by atoms with Crippen molar-refractivity contribution in [3.8, 4) is 0 Å². The van der Waals surface area contributed by atoms with Crippen molar-refractivity contribution in [3.05, 3.63) is 68.9 Å². The highest BCUT2D eigenvalue weighted by molar-refractivity contribution is 9.10. The summed E-state index contributed by atoms with van der Waals surface area (Å²) in [6.07, 6.45) is 0.654. The fourth-order valence-corrected chi connectivity index (χ4v) is 2.85. The highest BCUT2D eigenvalue weighted by atomic mass is 79.9. The first-order chi connectivity index (χ1) is 10.0. The molecule has 0 saturated heterocycles. The van der Waals surface area contributed by atoms with Crippen LogP contribution in [0.1, 0.15) is 35.2 Å². The van der Waals surface area contributed by atoms with Gasteiger partial charge in [0, 0.05) is 10.5 Å². The number of aryl methyl sites for hydroxylation is 2. The summed E-state index contributed by atoms with van der Waals surface area (Å²) in [4.78, 5) is 0. The number of hydrogen-bond acceptors (Lipinski definition) is 1. The quantitative estimate of drug-likeness (QED) is 0.791. The summed E-state index contributed by atoms with van der Waals surface area (Å²) in [6, 6.07) is 11.5. The smallest absolute Gasteiger partial charge is 0.126 e. The van der Waals surface area contributed by atoms with Crippen LogP contribution in [0.15, 0.2) is 40.9 Å². The van der Waals surface area contributed by atoms with Gasteiger partial charge in [-0.1, -0.05) is 53.2 Å². The van der Waals surface area contributed by atoms with Gasteiger partial charge in [0.15, 0.2) is 0 Å². The SMILES string of the molecule is CCNC(Cc1ccccc1F)c1cc(C)c(Br)c(C)c1. The molecule has 0 aliphatic heterocycles. The number of halogens is 2. The molecule has 2 aromatic carbocycles. The summed E-state index contributed by atoms with van der Waals surface area (Å²) in [7, 11) is 0. The van der Waals surface area contributed by atoms with Gasteiger partial charge in [-0.2, -0.15) is 0 Å². The Balaban J connectivity index is 2.33. The van der Waals surface area contributed by atoms with Crippen molar-refractivity contribution in [3.63, 3.8) is 0 Å². The van der Waals surface area contributed by atoms with Crippen LogP contribution in [-0.4, -0.2) is 6.54 Å². The normalized spacial score (nSPS) is 12.4. The van der Waals surface area contributed by atoms with Crippen molar-refractivity contribution < 1.29 is 4.39 Å². The maximum Gasteiger partial charge on any atom is 0.126 e. The molecule has 3 heteroatoms. The first-order valence-corrected chi connectivity index (χ1v) is 8.05. The van der Waals surface area contributed by atoms with Crippen LogP contribution in [0.3, 0.4) is 0 Å².